The average Bonchev–Trinajstić information content (AvgIpc) is 3.36. The van der Waals surface area contributed by atoms with Crippen LogP contribution >= 0.6 is 11.8 Å². The summed E-state index contributed by atoms with van der Waals surface area (Å²) in [5.74, 6) is 1.56. The van der Waals surface area contributed by atoms with E-state index in [-0.39, 0.29) is 12.6 Å². The molecule has 2 heterocycles. The van der Waals surface area contributed by atoms with Crippen LogP contribution in [0.2, 0.25) is 0 Å². The van der Waals surface area contributed by atoms with Crippen molar-refractivity contribution < 1.29 is 15.3 Å². The van der Waals surface area contributed by atoms with Gasteiger partial charge < -0.3 is 20.6 Å². The van der Waals surface area contributed by atoms with Crippen LogP contribution in [0.25, 0.3) is 11.2 Å². The van der Waals surface area contributed by atoms with E-state index in [0.717, 1.165) is 18.6 Å². The molecular formula is C23H30N6O3S. The maximum absolute atomic E-state index is 10.6. The summed E-state index contributed by atoms with van der Waals surface area (Å²) in [6.07, 6.45) is 0.371. The number of benzene rings is 1. The van der Waals surface area contributed by atoms with Gasteiger partial charge in [-0.3, -0.25) is 0 Å². The van der Waals surface area contributed by atoms with Gasteiger partial charge in [0.2, 0.25) is 0 Å². The number of hydrogen-bond donors (Lipinski definition) is 4. The first-order chi connectivity index (χ1) is 16.0. The molecule has 2 saturated carbocycles. The Morgan fingerprint density at radius 3 is 2.76 bits per heavy atom. The Morgan fingerprint density at radius 2 is 2.03 bits per heavy atom. The number of fused-ring (bicyclic) bond motifs is 1. The Labute approximate surface area is 196 Å². The van der Waals surface area contributed by atoms with Crippen LogP contribution in [-0.2, 0) is 0 Å². The Balaban J connectivity index is 1.46. The molecule has 33 heavy (non-hydrogen) atoms. The molecule has 0 spiro atoms. The quantitative estimate of drug-likeness (QED) is 0.289. The van der Waals surface area contributed by atoms with E-state index in [4.69, 9.17) is 9.97 Å². The molecule has 6 unspecified atom stereocenters. The highest BCUT2D eigenvalue weighted by molar-refractivity contribution is 7.99. The maximum Gasteiger partial charge on any atom is 0.191 e. The third-order valence-corrected chi connectivity index (χ3v) is 7.69. The van der Waals surface area contributed by atoms with E-state index >= 15 is 0 Å². The molecular weight excluding hydrogens is 440 g/mol. The molecule has 2 aliphatic carbocycles. The van der Waals surface area contributed by atoms with Crippen LogP contribution in [0.1, 0.15) is 49.3 Å². The first kappa shape index (κ1) is 22.5. The summed E-state index contributed by atoms with van der Waals surface area (Å²) < 4.78 is 1.59. The molecule has 10 heteroatoms. The monoisotopic (exact) mass is 470 g/mol. The van der Waals surface area contributed by atoms with E-state index in [1.807, 2.05) is 0 Å². The largest absolute Gasteiger partial charge is 0.396 e. The summed E-state index contributed by atoms with van der Waals surface area (Å²) in [4.78, 5) is 9.44. The number of aryl methyl sites for hydroxylation is 1. The first-order valence-electron chi connectivity index (χ1n) is 11.6. The van der Waals surface area contributed by atoms with Crippen LogP contribution in [0.4, 0.5) is 5.82 Å². The van der Waals surface area contributed by atoms with E-state index in [2.05, 4.69) is 53.7 Å². The van der Waals surface area contributed by atoms with Gasteiger partial charge in [-0.15, -0.1) is 5.10 Å². The van der Waals surface area contributed by atoms with Crippen molar-refractivity contribution in [3.63, 3.8) is 0 Å². The van der Waals surface area contributed by atoms with Crippen LogP contribution < -0.4 is 5.32 Å². The van der Waals surface area contributed by atoms with Gasteiger partial charge in [-0.2, -0.15) is 0 Å². The molecule has 5 rings (SSSR count). The third kappa shape index (κ3) is 4.32. The fourth-order valence-corrected chi connectivity index (χ4v) is 5.41. The van der Waals surface area contributed by atoms with Crippen LogP contribution in [-0.4, -0.2) is 70.9 Å². The third-order valence-electron chi connectivity index (χ3n) is 6.64. The summed E-state index contributed by atoms with van der Waals surface area (Å²) in [5.41, 5.74) is 3.66. The van der Waals surface area contributed by atoms with Gasteiger partial charge in [0.15, 0.2) is 22.1 Å². The predicted octanol–water partition coefficient (Wildman–Crippen LogP) is 2.27. The maximum atomic E-state index is 10.6. The van der Waals surface area contributed by atoms with Crippen LogP contribution in [0.15, 0.2) is 29.4 Å². The number of hydrogen-bond acceptors (Lipinski definition) is 9. The van der Waals surface area contributed by atoms with Crippen molar-refractivity contribution in [1.29, 1.82) is 0 Å². The smallest absolute Gasteiger partial charge is 0.191 e. The van der Waals surface area contributed by atoms with Gasteiger partial charge in [-0.05, 0) is 31.7 Å². The normalized spacial score (nSPS) is 29.0. The average molecular weight is 471 g/mol. The number of aliphatic hydroxyl groups is 3. The lowest BCUT2D eigenvalue weighted by atomic mass is 10.1. The topological polar surface area (TPSA) is 129 Å². The van der Waals surface area contributed by atoms with E-state index in [1.54, 1.807) is 16.4 Å². The second kappa shape index (κ2) is 9.17. The molecule has 2 fully saturated rings. The van der Waals surface area contributed by atoms with Gasteiger partial charge in [0.1, 0.15) is 6.10 Å². The summed E-state index contributed by atoms with van der Waals surface area (Å²) in [7, 11) is 0. The summed E-state index contributed by atoms with van der Waals surface area (Å²) in [6, 6.07) is 8.35. The Morgan fingerprint density at radius 1 is 1.18 bits per heavy atom. The minimum atomic E-state index is -1.04. The predicted molar refractivity (Wildman–Crippen MR) is 126 cm³/mol. The molecule has 176 valence electrons. The molecule has 1 aromatic carbocycles. The van der Waals surface area contributed by atoms with E-state index < -0.39 is 24.2 Å². The van der Waals surface area contributed by atoms with Gasteiger partial charge in [0.25, 0.3) is 0 Å². The molecule has 6 atom stereocenters. The second-order valence-electron chi connectivity index (χ2n) is 9.14. The zero-order valence-electron chi connectivity index (χ0n) is 18.8. The van der Waals surface area contributed by atoms with Gasteiger partial charge in [0.05, 0.1) is 12.1 Å². The Kier molecular flexibility index (Phi) is 6.26. The van der Waals surface area contributed by atoms with Gasteiger partial charge in [0, 0.05) is 30.2 Å². The molecule has 0 saturated heterocycles. The number of anilines is 1. The van der Waals surface area contributed by atoms with Crippen molar-refractivity contribution in [1.82, 2.24) is 25.0 Å². The highest BCUT2D eigenvalue weighted by Crippen LogP contribution is 2.44. The van der Waals surface area contributed by atoms with Gasteiger partial charge in [-0.25, -0.2) is 14.6 Å². The van der Waals surface area contributed by atoms with Crippen LogP contribution in [0.3, 0.4) is 0 Å². The molecule has 0 amide bonds. The molecule has 0 radical (unpaired) electrons. The van der Waals surface area contributed by atoms with Gasteiger partial charge >= 0.3 is 0 Å². The fraction of sp³-hybridized carbons (Fsp3) is 0.565. The molecule has 0 aliphatic heterocycles. The first-order valence-corrected chi connectivity index (χ1v) is 12.5. The standard InChI is InChI=1S/C23H30N6O3S/c1-3-7-33-23-25-21(24-16-10-15(16)13-6-4-5-12(2)8-13)18-22(26-23)29(28-27-18)17-9-14(11-30)19(31)20(17)32/h4-6,8,14-17,19-20,30-32H,3,7,9-11H2,1-2H3,(H,24,25,26). The number of rotatable bonds is 8. The molecule has 2 aliphatic rings. The Bertz CT molecular complexity index is 1140. The summed E-state index contributed by atoms with van der Waals surface area (Å²) in [6.45, 7) is 4.02. The molecule has 3 aromatic rings. The number of aromatic nitrogens is 5. The zero-order chi connectivity index (χ0) is 23.1. The van der Waals surface area contributed by atoms with E-state index in [0.29, 0.717) is 34.5 Å². The van der Waals surface area contributed by atoms with Crippen molar-refractivity contribution in [2.45, 2.75) is 68.5 Å². The molecule has 4 N–H and O–H groups in total. The zero-order valence-corrected chi connectivity index (χ0v) is 19.6. The fourth-order valence-electron chi connectivity index (χ4n) is 4.71. The van der Waals surface area contributed by atoms with Crippen molar-refractivity contribution in [3.05, 3.63) is 35.4 Å². The number of aliphatic hydroxyl groups excluding tert-OH is 3. The van der Waals surface area contributed by atoms with E-state index in [1.165, 1.54) is 11.1 Å². The SMILES string of the molecule is CCCSc1nc(NC2CC2c2cccc(C)c2)c2nnn(C3CC(CO)C(O)C3O)c2n1. The lowest BCUT2D eigenvalue weighted by Crippen LogP contribution is -2.30. The van der Waals surface area contributed by atoms with Crippen molar-refractivity contribution in [2.24, 2.45) is 5.92 Å². The van der Waals surface area contributed by atoms with Crippen molar-refractivity contribution in [2.75, 3.05) is 17.7 Å². The lowest BCUT2D eigenvalue weighted by Gasteiger charge is -2.17. The number of nitrogens with one attached hydrogen (secondary N) is 1. The summed E-state index contributed by atoms with van der Waals surface area (Å²) in [5, 5.41) is 43.3. The molecule has 0 bridgehead atoms. The van der Waals surface area contributed by atoms with Crippen LogP contribution in [0, 0.1) is 12.8 Å². The molecule has 2 aromatic heterocycles. The number of thioether (sulfide) groups is 1. The van der Waals surface area contributed by atoms with Crippen molar-refractivity contribution in [3.8, 4) is 0 Å². The lowest BCUT2D eigenvalue weighted by molar-refractivity contribution is -0.00512. The number of nitrogens with zero attached hydrogens (tertiary/aromatic N) is 5. The van der Waals surface area contributed by atoms with Gasteiger partial charge in [-0.1, -0.05) is 53.7 Å². The highest BCUT2D eigenvalue weighted by Gasteiger charge is 2.44. The summed E-state index contributed by atoms with van der Waals surface area (Å²) >= 11 is 1.57. The van der Waals surface area contributed by atoms with E-state index in [9.17, 15) is 15.3 Å². The highest BCUT2D eigenvalue weighted by atomic mass is 32.2. The minimum absolute atomic E-state index is 0.192. The van der Waals surface area contributed by atoms with Crippen LogP contribution in [0.5, 0.6) is 0 Å². The minimum Gasteiger partial charge on any atom is -0.396 e. The van der Waals surface area contributed by atoms with Crippen molar-refractivity contribution >= 4 is 28.7 Å². The second-order valence-corrected chi connectivity index (χ2v) is 10.2. The Hall–Kier alpha value is -2.27. The molecule has 9 nitrogen and oxygen atoms in total.